The van der Waals surface area contributed by atoms with Gasteiger partial charge >= 0.3 is 5.97 Å². The van der Waals surface area contributed by atoms with Crippen molar-refractivity contribution in [1.82, 2.24) is 0 Å². The van der Waals surface area contributed by atoms with Crippen molar-refractivity contribution in [3.8, 4) is 17.2 Å². The monoisotopic (exact) mass is 406 g/mol. The van der Waals surface area contributed by atoms with E-state index in [4.69, 9.17) is 18.9 Å². The van der Waals surface area contributed by atoms with Crippen LogP contribution < -0.4 is 14.2 Å². The van der Waals surface area contributed by atoms with Gasteiger partial charge in [0, 0.05) is 10.0 Å². The molecule has 2 aromatic carbocycles. The highest BCUT2D eigenvalue weighted by atomic mass is 79.9. The maximum Gasteiger partial charge on any atom is 0.338 e. The zero-order valence-electron chi connectivity index (χ0n) is 13.4. The van der Waals surface area contributed by atoms with E-state index in [1.165, 1.54) is 19.2 Å². The number of methoxy groups -OCH3 is 1. The SMILES string of the molecule is COc1cc(C(=O)OCC(=O)c2ccc(Br)cc2)cc2c1OCCO2. The van der Waals surface area contributed by atoms with Crippen LogP contribution in [0.4, 0.5) is 0 Å². The van der Waals surface area contributed by atoms with Crippen molar-refractivity contribution in [3.05, 3.63) is 52.0 Å². The summed E-state index contributed by atoms with van der Waals surface area (Å²) in [6, 6.07) is 9.84. The van der Waals surface area contributed by atoms with Gasteiger partial charge in [-0.15, -0.1) is 0 Å². The first-order chi connectivity index (χ1) is 12.1. The van der Waals surface area contributed by atoms with Crippen LogP contribution in [-0.2, 0) is 4.74 Å². The number of hydrogen-bond acceptors (Lipinski definition) is 6. The molecule has 0 aromatic heterocycles. The van der Waals surface area contributed by atoms with Crippen LogP contribution in [0.25, 0.3) is 0 Å². The van der Waals surface area contributed by atoms with Crippen molar-refractivity contribution in [2.45, 2.75) is 0 Å². The Kier molecular flexibility index (Phi) is 5.23. The number of benzene rings is 2. The molecule has 0 amide bonds. The number of carbonyl (C=O) groups is 2. The number of esters is 1. The van der Waals surface area contributed by atoms with Gasteiger partial charge in [-0.2, -0.15) is 0 Å². The zero-order valence-corrected chi connectivity index (χ0v) is 15.0. The number of carbonyl (C=O) groups excluding carboxylic acids is 2. The molecule has 0 saturated carbocycles. The second-order valence-electron chi connectivity index (χ2n) is 5.21. The van der Waals surface area contributed by atoms with E-state index in [1.807, 2.05) is 0 Å². The smallest absolute Gasteiger partial charge is 0.338 e. The molecule has 0 saturated heterocycles. The van der Waals surface area contributed by atoms with E-state index >= 15 is 0 Å². The summed E-state index contributed by atoms with van der Waals surface area (Å²) in [7, 11) is 1.47. The summed E-state index contributed by atoms with van der Waals surface area (Å²) in [5.74, 6) is 0.322. The van der Waals surface area contributed by atoms with Crippen molar-refractivity contribution >= 4 is 27.7 Å². The maximum atomic E-state index is 12.3. The van der Waals surface area contributed by atoms with Crippen LogP contribution in [-0.4, -0.2) is 38.7 Å². The Morgan fingerprint density at radius 3 is 2.52 bits per heavy atom. The first kappa shape index (κ1) is 17.3. The van der Waals surface area contributed by atoms with Crippen LogP contribution in [0.1, 0.15) is 20.7 Å². The lowest BCUT2D eigenvalue weighted by molar-refractivity contribution is 0.0473. The fourth-order valence-corrected chi connectivity index (χ4v) is 2.59. The molecule has 25 heavy (non-hydrogen) atoms. The summed E-state index contributed by atoms with van der Waals surface area (Å²) in [4.78, 5) is 24.3. The number of Topliss-reactive ketones (excluding diaryl/α,β-unsaturated/α-hetero) is 1. The molecule has 0 spiro atoms. The van der Waals surface area contributed by atoms with Gasteiger partial charge < -0.3 is 18.9 Å². The summed E-state index contributed by atoms with van der Waals surface area (Å²) in [5, 5.41) is 0. The van der Waals surface area contributed by atoms with Gasteiger partial charge in [0.25, 0.3) is 0 Å². The summed E-state index contributed by atoms with van der Waals surface area (Å²) in [6.45, 7) is 0.447. The molecule has 1 heterocycles. The Morgan fingerprint density at radius 1 is 1.08 bits per heavy atom. The highest BCUT2D eigenvalue weighted by Crippen LogP contribution is 2.40. The van der Waals surface area contributed by atoms with Crippen molar-refractivity contribution in [2.75, 3.05) is 26.9 Å². The fraction of sp³-hybridized carbons (Fsp3) is 0.222. The molecule has 0 fully saturated rings. The molecule has 130 valence electrons. The Labute approximate surface area is 152 Å². The summed E-state index contributed by atoms with van der Waals surface area (Å²) in [6.07, 6.45) is 0. The van der Waals surface area contributed by atoms with Crippen molar-refractivity contribution in [3.63, 3.8) is 0 Å². The molecule has 0 bridgehead atoms. The van der Waals surface area contributed by atoms with Crippen LogP contribution in [0, 0.1) is 0 Å². The van der Waals surface area contributed by atoms with Crippen molar-refractivity contribution < 1.29 is 28.5 Å². The quantitative estimate of drug-likeness (QED) is 0.560. The Balaban J connectivity index is 1.71. The van der Waals surface area contributed by atoms with Gasteiger partial charge in [0.05, 0.1) is 12.7 Å². The predicted octanol–water partition coefficient (Wildman–Crippen LogP) is 3.27. The lowest BCUT2D eigenvalue weighted by Crippen LogP contribution is -2.18. The number of rotatable bonds is 5. The van der Waals surface area contributed by atoms with E-state index in [0.29, 0.717) is 36.0 Å². The molecule has 0 atom stereocenters. The normalized spacial score (nSPS) is 12.4. The van der Waals surface area contributed by atoms with E-state index in [-0.39, 0.29) is 18.0 Å². The number of fused-ring (bicyclic) bond motifs is 1. The first-order valence-corrected chi connectivity index (χ1v) is 8.31. The van der Waals surface area contributed by atoms with Gasteiger partial charge in [-0.1, -0.05) is 28.1 Å². The molecule has 2 aromatic rings. The lowest BCUT2D eigenvalue weighted by Gasteiger charge is -2.21. The van der Waals surface area contributed by atoms with Gasteiger partial charge in [0.1, 0.15) is 13.2 Å². The standard InChI is InChI=1S/C18H15BrO6/c1-22-15-8-12(9-16-17(15)24-7-6-23-16)18(21)25-10-14(20)11-2-4-13(19)5-3-11/h2-5,8-9H,6-7,10H2,1H3. The van der Waals surface area contributed by atoms with Gasteiger partial charge in [-0.25, -0.2) is 4.79 Å². The van der Waals surface area contributed by atoms with Crippen LogP contribution in [0.3, 0.4) is 0 Å². The molecule has 3 rings (SSSR count). The van der Waals surface area contributed by atoms with E-state index in [0.717, 1.165) is 4.47 Å². The molecule has 0 radical (unpaired) electrons. The minimum atomic E-state index is -0.638. The minimum Gasteiger partial charge on any atom is -0.493 e. The summed E-state index contributed by atoms with van der Waals surface area (Å²) >= 11 is 3.30. The number of halogens is 1. The Bertz CT molecular complexity index is 783. The molecule has 6 nitrogen and oxygen atoms in total. The molecule has 7 heteroatoms. The van der Waals surface area contributed by atoms with E-state index < -0.39 is 5.97 Å². The topological polar surface area (TPSA) is 71.1 Å². The van der Waals surface area contributed by atoms with Gasteiger partial charge in [-0.05, 0) is 24.3 Å². The Hall–Kier alpha value is -2.54. The average Bonchev–Trinajstić information content (AvgIpc) is 2.65. The second-order valence-corrected chi connectivity index (χ2v) is 6.12. The van der Waals surface area contributed by atoms with Gasteiger partial charge in [0.15, 0.2) is 23.9 Å². The molecular weight excluding hydrogens is 392 g/mol. The fourth-order valence-electron chi connectivity index (χ4n) is 2.32. The Morgan fingerprint density at radius 2 is 1.80 bits per heavy atom. The lowest BCUT2D eigenvalue weighted by atomic mass is 10.1. The third-order valence-electron chi connectivity index (χ3n) is 3.56. The average molecular weight is 407 g/mol. The zero-order chi connectivity index (χ0) is 17.8. The number of hydrogen-bond donors (Lipinski definition) is 0. The highest BCUT2D eigenvalue weighted by Gasteiger charge is 2.22. The van der Waals surface area contributed by atoms with E-state index in [2.05, 4.69) is 15.9 Å². The van der Waals surface area contributed by atoms with Gasteiger partial charge in [-0.3, -0.25) is 4.79 Å². The molecule has 0 N–H and O–H groups in total. The molecule has 0 unspecified atom stereocenters. The molecule has 1 aliphatic rings. The molecule has 0 aliphatic carbocycles. The van der Waals surface area contributed by atoms with Crippen LogP contribution in [0.15, 0.2) is 40.9 Å². The minimum absolute atomic E-state index is 0.227. The van der Waals surface area contributed by atoms with Crippen molar-refractivity contribution in [2.24, 2.45) is 0 Å². The van der Waals surface area contributed by atoms with Crippen LogP contribution >= 0.6 is 15.9 Å². The third kappa shape index (κ3) is 3.93. The van der Waals surface area contributed by atoms with Gasteiger partial charge in [0.2, 0.25) is 5.75 Å². The van der Waals surface area contributed by atoms with Crippen LogP contribution in [0.2, 0.25) is 0 Å². The molecular formula is C18H15BrO6. The molecule has 1 aliphatic heterocycles. The number of ketones is 1. The highest BCUT2D eigenvalue weighted by molar-refractivity contribution is 9.10. The third-order valence-corrected chi connectivity index (χ3v) is 4.09. The first-order valence-electron chi connectivity index (χ1n) is 7.52. The van der Waals surface area contributed by atoms with E-state index in [9.17, 15) is 9.59 Å². The summed E-state index contributed by atoms with van der Waals surface area (Å²) < 4.78 is 22.2. The predicted molar refractivity (Wildman–Crippen MR) is 92.7 cm³/mol. The maximum absolute atomic E-state index is 12.3. The second kappa shape index (κ2) is 7.57. The van der Waals surface area contributed by atoms with Crippen LogP contribution in [0.5, 0.6) is 17.2 Å². The summed E-state index contributed by atoms with van der Waals surface area (Å²) in [5.41, 5.74) is 0.695. The number of ether oxygens (including phenoxy) is 4. The van der Waals surface area contributed by atoms with E-state index in [1.54, 1.807) is 24.3 Å². The largest absolute Gasteiger partial charge is 0.493 e. The van der Waals surface area contributed by atoms with Crippen molar-refractivity contribution in [1.29, 1.82) is 0 Å².